The number of hydrogen-bond acceptors (Lipinski definition) is 5. The molecule has 0 saturated carbocycles. The third-order valence-electron chi connectivity index (χ3n) is 3.93. The van der Waals surface area contributed by atoms with Crippen molar-refractivity contribution in [1.82, 2.24) is 4.98 Å². The third-order valence-corrected chi connectivity index (χ3v) is 5.33. The van der Waals surface area contributed by atoms with Crippen molar-refractivity contribution >= 4 is 28.9 Å². The summed E-state index contributed by atoms with van der Waals surface area (Å²) in [4.78, 5) is 16.6. The number of rotatable bonds is 4. The molecular formula is C19H14ClNO4S. The number of fused-ring (bicyclic) bond motifs is 1. The van der Waals surface area contributed by atoms with Crippen molar-refractivity contribution in [2.24, 2.45) is 0 Å². The highest BCUT2D eigenvalue weighted by Gasteiger charge is 2.27. The van der Waals surface area contributed by atoms with E-state index in [0.717, 1.165) is 5.56 Å². The second kappa shape index (κ2) is 6.97. The minimum Gasteiger partial charge on any atom is -0.485 e. The van der Waals surface area contributed by atoms with E-state index in [1.165, 1.54) is 11.3 Å². The van der Waals surface area contributed by atoms with Crippen LogP contribution >= 0.6 is 22.9 Å². The number of carboxylic acid groups (broad SMARTS) is 1. The topological polar surface area (TPSA) is 68.7 Å². The quantitative estimate of drug-likeness (QED) is 0.708. The predicted molar refractivity (Wildman–Crippen MR) is 99.2 cm³/mol. The largest absolute Gasteiger partial charge is 0.485 e. The predicted octanol–water partition coefficient (Wildman–Crippen LogP) is 4.60. The monoisotopic (exact) mass is 387 g/mol. The van der Waals surface area contributed by atoms with Crippen LogP contribution in [0.25, 0.3) is 11.3 Å². The zero-order chi connectivity index (χ0) is 18.1. The average Bonchev–Trinajstić information content (AvgIpc) is 3.05. The maximum Gasteiger partial charge on any atom is 0.308 e. The lowest BCUT2D eigenvalue weighted by Crippen LogP contribution is -2.21. The molecule has 5 nitrogen and oxygen atoms in total. The van der Waals surface area contributed by atoms with Crippen molar-refractivity contribution in [2.75, 3.05) is 6.61 Å². The highest BCUT2D eigenvalue weighted by molar-refractivity contribution is 7.12. The van der Waals surface area contributed by atoms with Crippen LogP contribution in [-0.2, 0) is 11.2 Å². The summed E-state index contributed by atoms with van der Waals surface area (Å²) in [6.45, 7) is 0.330. The molecule has 132 valence electrons. The van der Waals surface area contributed by atoms with Crippen LogP contribution in [0.15, 0.2) is 48.5 Å². The average molecular weight is 388 g/mol. The molecule has 0 saturated heterocycles. The van der Waals surface area contributed by atoms with Crippen LogP contribution in [0.1, 0.15) is 16.0 Å². The molecule has 0 amide bonds. The summed E-state index contributed by atoms with van der Waals surface area (Å²) in [6, 6.07) is 14.6. The number of hydrogen-bond donors (Lipinski definition) is 1. The van der Waals surface area contributed by atoms with Gasteiger partial charge in [-0.05, 0) is 24.3 Å². The SMILES string of the molecule is O=C(O)Cc1sc(C2COc3ccccc3O2)nc1-c1ccc(Cl)cc1. The molecule has 1 N–H and O–H groups in total. The summed E-state index contributed by atoms with van der Waals surface area (Å²) in [6.07, 6.45) is -0.469. The van der Waals surface area contributed by atoms with Crippen molar-refractivity contribution in [3.63, 3.8) is 0 Å². The van der Waals surface area contributed by atoms with Gasteiger partial charge in [0.25, 0.3) is 0 Å². The molecular weight excluding hydrogens is 374 g/mol. The van der Waals surface area contributed by atoms with E-state index in [9.17, 15) is 9.90 Å². The Kier molecular flexibility index (Phi) is 4.53. The Morgan fingerprint density at radius 3 is 2.65 bits per heavy atom. The molecule has 1 atom stereocenters. The van der Waals surface area contributed by atoms with E-state index in [1.54, 1.807) is 12.1 Å². The van der Waals surface area contributed by atoms with Crippen molar-refractivity contribution in [1.29, 1.82) is 0 Å². The molecule has 0 radical (unpaired) electrons. The molecule has 26 heavy (non-hydrogen) atoms. The van der Waals surface area contributed by atoms with Crippen molar-refractivity contribution in [2.45, 2.75) is 12.5 Å². The highest BCUT2D eigenvalue weighted by Crippen LogP contribution is 2.39. The number of aromatic nitrogens is 1. The van der Waals surface area contributed by atoms with Gasteiger partial charge in [-0.2, -0.15) is 0 Å². The van der Waals surface area contributed by atoms with Crippen LogP contribution in [0.4, 0.5) is 0 Å². The zero-order valence-corrected chi connectivity index (χ0v) is 15.1. The summed E-state index contributed by atoms with van der Waals surface area (Å²) in [5.41, 5.74) is 1.47. The maximum absolute atomic E-state index is 11.3. The highest BCUT2D eigenvalue weighted by atomic mass is 35.5. The number of ether oxygens (including phenoxy) is 2. The van der Waals surface area contributed by atoms with Crippen LogP contribution in [0.5, 0.6) is 11.5 Å². The standard InChI is InChI=1S/C19H14ClNO4S/c20-12-7-5-11(6-8-12)18-16(9-17(22)23)26-19(21-18)15-10-24-13-3-1-2-4-14(13)25-15/h1-8,15H,9-10H2,(H,22,23). The minimum atomic E-state index is -0.901. The molecule has 4 rings (SSSR count). The minimum absolute atomic E-state index is 0.0974. The van der Waals surface area contributed by atoms with E-state index < -0.39 is 5.97 Å². The smallest absolute Gasteiger partial charge is 0.308 e. The molecule has 0 bridgehead atoms. The van der Waals surface area contributed by atoms with Gasteiger partial charge in [-0.25, -0.2) is 4.98 Å². The van der Waals surface area contributed by atoms with E-state index >= 15 is 0 Å². The van der Waals surface area contributed by atoms with Gasteiger partial charge in [0.15, 0.2) is 17.6 Å². The lowest BCUT2D eigenvalue weighted by atomic mass is 10.1. The molecule has 1 unspecified atom stereocenters. The van der Waals surface area contributed by atoms with Gasteiger partial charge in [-0.15, -0.1) is 11.3 Å². The first kappa shape index (κ1) is 16.9. The number of carbonyl (C=O) groups is 1. The molecule has 1 aromatic heterocycles. The summed E-state index contributed by atoms with van der Waals surface area (Å²) >= 11 is 7.29. The summed E-state index contributed by atoms with van der Waals surface area (Å²) in [7, 11) is 0. The van der Waals surface area contributed by atoms with Gasteiger partial charge in [-0.1, -0.05) is 35.9 Å². The van der Waals surface area contributed by atoms with Gasteiger partial charge < -0.3 is 14.6 Å². The molecule has 2 heterocycles. The summed E-state index contributed by atoms with van der Waals surface area (Å²) in [5, 5.41) is 10.5. The second-order valence-corrected chi connectivity index (χ2v) is 7.32. The van der Waals surface area contributed by atoms with Crippen LogP contribution in [0, 0.1) is 0 Å². The van der Waals surface area contributed by atoms with Gasteiger partial charge in [0.1, 0.15) is 11.6 Å². The Labute approximate surface area is 158 Å². The molecule has 3 aromatic rings. The van der Waals surface area contributed by atoms with E-state index in [1.807, 2.05) is 36.4 Å². The molecule has 0 spiro atoms. The van der Waals surface area contributed by atoms with Gasteiger partial charge >= 0.3 is 5.97 Å². The number of carboxylic acids is 1. The van der Waals surface area contributed by atoms with E-state index in [4.69, 9.17) is 21.1 Å². The van der Waals surface area contributed by atoms with Gasteiger partial charge in [0.05, 0.1) is 12.1 Å². The lowest BCUT2D eigenvalue weighted by molar-refractivity contribution is -0.136. The van der Waals surface area contributed by atoms with Crippen LogP contribution < -0.4 is 9.47 Å². The Morgan fingerprint density at radius 1 is 1.19 bits per heavy atom. The third kappa shape index (κ3) is 3.38. The van der Waals surface area contributed by atoms with Crippen LogP contribution in [0.3, 0.4) is 0 Å². The van der Waals surface area contributed by atoms with Crippen LogP contribution in [0.2, 0.25) is 5.02 Å². The molecule has 0 aliphatic carbocycles. The summed E-state index contributed by atoms with van der Waals surface area (Å²) < 4.78 is 11.8. The van der Waals surface area contributed by atoms with Crippen LogP contribution in [-0.4, -0.2) is 22.7 Å². The molecule has 2 aromatic carbocycles. The summed E-state index contributed by atoms with van der Waals surface area (Å²) in [5.74, 6) is 0.456. The normalized spacial score (nSPS) is 15.7. The number of aliphatic carboxylic acids is 1. The van der Waals surface area contributed by atoms with Crippen molar-refractivity contribution in [3.05, 3.63) is 63.4 Å². The first-order valence-corrected chi connectivity index (χ1v) is 9.15. The van der Waals surface area contributed by atoms with Gasteiger partial charge in [0.2, 0.25) is 0 Å². The fraction of sp³-hybridized carbons (Fsp3) is 0.158. The fourth-order valence-corrected chi connectivity index (χ4v) is 3.96. The number of para-hydroxylation sites is 2. The Bertz CT molecular complexity index is 954. The Morgan fingerprint density at radius 2 is 1.92 bits per heavy atom. The number of thiazole rings is 1. The number of nitrogens with zero attached hydrogens (tertiary/aromatic N) is 1. The Balaban J connectivity index is 1.69. The Hall–Kier alpha value is -2.57. The first-order valence-electron chi connectivity index (χ1n) is 7.96. The van der Waals surface area contributed by atoms with Crippen molar-refractivity contribution in [3.8, 4) is 22.8 Å². The molecule has 7 heteroatoms. The maximum atomic E-state index is 11.3. The number of benzene rings is 2. The molecule has 0 fully saturated rings. The van der Waals surface area contributed by atoms with Crippen molar-refractivity contribution < 1.29 is 19.4 Å². The molecule has 1 aliphatic rings. The van der Waals surface area contributed by atoms with Gasteiger partial charge in [0, 0.05) is 15.5 Å². The van der Waals surface area contributed by atoms with E-state index in [-0.39, 0.29) is 12.5 Å². The zero-order valence-electron chi connectivity index (χ0n) is 13.5. The second-order valence-electron chi connectivity index (χ2n) is 5.77. The fourth-order valence-electron chi connectivity index (χ4n) is 2.74. The van der Waals surface area contributed by atoms with E-state index in [0.29, 0.717) is 38.7 Å². The van der Waals surface area contributed by atoms with Gasteiger partial charge in [-0.3, -0.25) is 4.79 Å². The first-order chi connectivity index (χ1) is 12.6. The van der Waals surface area contributed by atoms with E-state index in [2.05, 4.69) is 4.98 Å². The number of halogens is 1. The lowest BCUT2D eigenvalue weighted by Gasteiger charge is -2.24. The molecule has 1 aliphatic heterocycles.